The van der Waals surface area contributed by atoms with Crippen LogP contribution in [-0.2, 0) is 4.79 Å². The summed E-state index contributed by atoms with van der Waals surface area (Å²) in [5.74, 6) is 0.327. The molecule has 4 rings (SSSR count). The Hall–Kier alpha value is -2.31. The molecule has 27 heavy (non-hydrogen) atoms. The molecule has 1 saturated heterocycles. The molecule has 0 spiro atoms. The minimum atomic E-state index is -0.162. The molecule has 3 aromatic rings. The topological polar surface area (TPSA) is 55.2 Å². The molecule has 5 nitrogen and oxygen atoms in total. The van der Waals surface area contributed by atoms with E-state index < -0.39 is 0 Å². The third-order valence-corrected chi connectivity index (χ3v) is 5.85. The maximum Gasteiger partial charge on any atom is 0.266 e. The molecule has 0 saturated carbocycles. The van der Waals surface area contributed by atoms with Gasteiger partial charge in [0.2, 0.25) is 5.91 Å². The highest BCUT2D eigenvalue weighted by molar-refractivity contribution is 7.99. The number of hydrogen-bond acceptors (Lipinski definition) is 4. The summed E-state index contributed by atoms with van der Waals surface area (Å²) in [6.07, 6.45) is 1.05. The van der Waals surface area contributed by atoms with E-state index >= 15 is 0 Å². The zero-order valence-electron chi connectivity index (χ0n) is 14.8. The SMILES string of the molecule is Cc1ccccc1-n1c(SCC(=O)N2CCC2)nc2cc(Cl)ccc2c1=O. The fraction of sp³-hybridized carbons (Fsp3) is 0.250. The number of aryl methyl sites for hydroxylation is 1. The average molecular weight is 400 g/mol. The van der Waals surface area contributed by atoms with Crippen LogP contribution in [0.3, 0.4) is 0 Å². The molecule has 2 aromatic carbocycles. The van der Waals surface area contributed by atoms with Gasteiger partial charge >= 0.3 is 0 Å². The number of carbonyl (C=O) groups excluding carboxylic acids is 1. The molecule has 1 fully saturated rings. The van der Waals surface area contributed by atoms with Gasteiger partial charge in [0.15, 0.2) is 5.16 Å². The van der Waals surface area contributed by atoms with Gasteiger partial charge in [0.1, 0.15) is 0 Å². The van der Waals surface area contributed by atoms with E-state index in [1.54, 1.807) is 22.8 Å². The van der Waals surface area contributed by atoms with Crippen molar-refractivity contribution in [3.8, 4) is 5.69 Å². The Morgan fingerprint density at radius 1 is 1.22 bits per heavy atom. The van der Waals surface area contributed by atoms with Crippen molar-refractivity contribution in [2.24, 2.45) is 0 Å². The summed E-state index contributed by atoms with van der Waals surface area (Å²) in [5, 5.41) is 1.52. The summed E-state index contributed by atoms with van der Waals surface area (Å²) < 4.78 is 1.60. The fourth-order valence-electron chi connectivity index (χ4n) is 3.05. The molecule has 1 amide bonds. The Morgan fingerprint density at radius 3 is 2.70 bits per heavy atom. The number of halogens is 1. The maximum absolute atomic E-state index is 13.2. The normalized spacial score (nSPS) is 13.6. The molecule has 0 aliphatic carbocycles. The zero-order chi connectivity index (χ0) is 19.0. The Morgan fingerprint density at radius 2 is 2.00 bits per heavy atom. The van der Waals surface area contributed by atoms with Crippen molar-refractivity contribution < 1.29 is 4.79 Å². The van der Waals surface area contributed by atoms with Crippen molar-refractivity contribution >= 4 is 40.2 Å². The van der Waals surface area contributed by atoms with Gasteiger partial charge in [-0.25, -0.2) is 4.98 Å². The van der Waals surface area contributed by atoms with Crippen LogP contribution in [0.1, 0.15) is 12.0 Å². The van der Waals surface area contributed by atoms with Crippen molar-refractivity contribution in [3.63, 3.8) is 0 Å². The van der Waals surface area contributed by atoms with Crippen molar-refractivity contribution in [2.45, 2.75) is 18.5 Å². The quantitative estimate of drug-likeness (QED) is 0.496. The van der Waals surface area contributed by atoms with Crippen LogP contribution < -0.4 is 5.56 Å². The summed E-state index contributed by atoms with van der Waals surface area (Å²) in [6, 6.07) is 12.7. The second-order valence-electron chi connectivity index (χ2n) is 6.51. The molecule has 0 N–H and O–H groups in total. The molecule has 0 radical (unpaired) electrons. The summed E-state index contributed by atoms with van der Waals surface area (Å²) in [4.78, 5) is 32.0. The highest BCUT2D eigenvalue weighted by Gasteiger charge is 2.22. The number of hydrogen-bond donors (Lipinski definition) is 0. The van der Waals surface area contributed by atoms with Crippen molar-refractivity contribution in [3.05, 3.63) is 63.4 Å². The fourth-order valence-corrected chi connectivity index (χ4v) is 4.12. The molecule has 0 atom stereocenters. The summed E-state index contributed by atoms with van der Waals surface area (Å²) in [7, 11) is 0. The first-order valence-electron chi connectivity index (χ1n) is 8.73. The first-order chi connectivity index (χ1) is 13.0. The van der Waals surface area contributed by atoms with E-state index in [0.29, 0.717) is 21.1 Å². The number of amides is 1. The van der Waals surface area contributed by atoms with Gasteiger partial charge in [-0.3, -0.25) is 14.2 Å². The van der Waals surface area contributed by atoms with E-state index in [2.05, 4.69) is 4.98 Å². The van der Waals surface area contributed by atoms with Crippen LogP contribution in [0.5, 0.6) is 0 Å². The van der Waals surface area contributed by atoms with Crippen LogP contribution in [0.4, 0.5) is 0 Å². The van der Waals surface area contributed by atoms with Crippen molar-refractivity contribution in [1.29, 1.82) is 0 Å². The van der Waals surface area contributed by atoms with Crippen LogP contribution >= 0.6 is 23.4 Å². The molecule has 1 aliphatic rings. The summed E-state index contributed by atoms with van der Waals surface area (Å²) in [5.41, 5.74) is 2.11. The molecular formula is C20H18ClN3O2S. The standard InChI is InChI=1S/C20H18ClN3O2S/c1-13-5-2-3-6-17(13)24-19(26)15-8-7-14(21)11-16(15)22-20(24)27-12-18(25)23-9-4-10-23/h2-3,5-8,11H,4,9-10,12H2,1H3. The molecular weight excluding hydrogens is 382 g/mol. The first-order valence-corrected chi connectivity index (χ1v) is 10.1. The van der Waals surface area contributed by atoms with Gasteiger partial charge in [0.25, 0.3) is 5.56 Å². The maximum atomic E-state index is 13.2. The number of aromatic nitrogens is 2. The lowest BCUT2D eigenvalue weighted by molar-refractivity contribution is -0.131. The first kappa shape index (κ1) is 18.1. The summed E-state index contributed by atoms with van der Waals surface area (Å²) >= 11 is 7.37. The molecule has 1 aliphatic heterocycles. The van der Waals surface area contributed by atoms with E-state index in [9.17, 15) is 9.59 Å². The average Bonchev–Trinajstić information content (AvgIpc) is 2.59. The third kappa shape index (κ3) is 3.47. The van der Waals surface area contributed by atoms with Crippen LogP contribution in [0.25, 0.3) is 16.6 Å². The molecule has 2 heterocycles. The molecule has 138 valence electrons. The van der Waals surface area contributed by atoms with E-state index in [1.165, 1.54) is 11.8 Å². The van der Waals surface area contributed by atoms with Crippen LogP contribution in [-0.4, -0.2) is 39.2 Å². The van der Waals surface area contributed by atoms with Gasteiger partial charge in [-0.05, 0) is 43.2 Å². The number of carbonyl (C=O) groups is 1. The van der Waals surface area contributed by atoms with Crippen LogP contribution in [0, 0.1) is 6.92 Å². The molecule has 7 heteroatoms. The highest BCUT2D eigenvalue weighted by Crippen LogP contribution is 2.25. The largest absolute Gasteiger partial charge is 0.342 e. The second-order valence-corrected chi connectivity index (χ2v) is 7.88. The predicted octanol–water partition coefficient (Wildman–Crippen LogP) is 3.67. The third-order valence-electron chi connectivity index (χ3n) is 4.69. The van der Waals surface area contributed by atoms with E-state index in [4.69, 9.17) is 11.6 Å². The number of likely N-dealkylation sites (tertiary alicyclic amines) is 1. The van der Waals surface area contributed by atoms with Gasteiger partial charge in [0, 0.05) is 18.1 Å². The Bertz CT molecular complexity index is 1090. The second kappa shape index (κ2) is 7.37. The Kier molecular flexibility index (Phi) is 4.93. The zero-order valence-corrected chi connectivity index (χ0v) is 16.4. The smallest absolute Gasteiger partial charge is 0.266 e. The molecule has 0 unspecified atom stereocenters. The van der Waals surface area contributed by atoms with E-state index in [-0.39, 0.29) is 17.2 Å². The van der Waals surface area contributed by atoms with Gasteiger partial charge in [-0.1, -0.05) is 41.6 Å². The van der Waals surface area contributed by atoms with Crippen molar-refractivity contribution in [1.82, 2.24) is 14.5 Å². The van der Waals surface area contributed by atoms with E-state index in [1.807, 2.05) is 36.1 Å². The lowest BCUT2D eigenvalue weighted by Gasteiger charge is -2.30. The highest BCUT2D eigenvalue weighted by atomic mass is 35.5. The molecule has 1 aromatic heterocycles. The number of para-hydroxylation sites is 1. The lowest BCUT2D eigenvalue weighted by atomic mass is 10.2. The number of thioether (sulfide) groups is 1. The monoisotopic (exact) mass is 399 g/mol. The lowest BCUT2D eigenvalue weighted by Crippen LogP contribution is -2.43. The van der Waals surface area contributed by atoms with Gasteiger partial charge in [-0.15, -0.1) is 0 Å². The van der Waals surface area contributed by atoms with Gasteiger partial charge in [-0.2, -0.15) is 0 Å². The van der Waals surface area contributed by atoms with Crippen LogP contribution in [0.2, 0.25) is 5.02 Å². The Balaban J connectivity index is 1.83. The van der Waals surface area contributed by atoms with Gasteiger partial charge in [0.05, 0.1) is 22.3 Å². The minimum absolute atomic E-state index is 0.0722. The summed E-state index contributed by atoms with van der Waals surface area (Å²) in [6.45, 7) is 3.57. The molecule has 0 bridgehead atoms. The number of nitrogens with zero attached hydrogens (tertiary/aromatic N) is 3. The number of fused-ring (bicyclic) bond motifs is 1. The number of rotatable bonds is 4. The Labute approximate surface area is 166 Å². The van der Waals surface area contributed by atoms with Crippen molar-refractivity contribution in [2.75, 3.05) is 18.8 Å². The number of benzene rings is 2. The predicted molar refractivity (Wildman–Crippen MR) is 109 cm³/mol. The van der Waals surface area contributed by atoms with Crippen LogP contribution in [0.15, 0.2) is 52.4 Å². The minimum Gasteiger partial charge on any atom is -0.342 e. The van der Waals surface area contributed by atoms with Gasteiger partial charge < -0.3 is 4.90 Å². The van der Waals surface area contributed by atoms with E-state index in [0.717, 1.165) is 30.8 Å².